The van der Waals surface area contributed by atoms with E-state index in [0.29, 0.717) is 0 Å². The maximum Gasteiger partial charge on any atom is 0.0561 e. The zero-order valence-electron chi connectivity index (χ0n) is 31.1. The first-order valence-electron chi connectivity index (χ1n) is 19.4. The molecule has 9 aromatic carbocycles. The van der Waals surface area contributed by atoms with Crippen molar-refractivity contribution in [2.24, 2.45) is 0 Å². The van der Waals surface area contributed by atoms with E-state index >= 15 is 0 Å². The quantitative estimate of drug-likeness (QED) is 0.158. The maximum absolute atomic E-state index is 2.47. The SMILES string of the molecule is c1ccc(-c2cc(-c3ccccc3)cc(N(c3ccc4c5ccccc5n(-c5ccccc5)c4c3)c3ccccc3-c3ccc4sc5ccccc5c4c3)c2)cc1. The van der Waals surface area contributed by atoms with Crippen LogP contribution in [0.15, 0.2) is 218 Å². The van der Waals surface area contributed by atoms with Crippen LogP contribution in [-0.2, 0) is 0 Å². The Labute approximate surface area is 335 Å². The summed E-state index contributed by atoms with van der Waals surface area (Å²) in [6.45, 7) is 0. The van der Waals surface area contributed by atoms with Crippen LogP contribution in [0.1, 0.15) is 0 Å². The number of aromatic nitrogens is 1. The summed E-state index contributed by atoms with van der Waals surface area (Å²) in [4.78, 5) is 2.47. The third-order valence-electron chi connectivity index (χ3n) is 11.2. The summed E-state index contributed by atoms with van der Waals surface area (Å²) in [6, 6.07) is 79.6. The van der Waals surface area contributed by atoms with Crippen LogP contribution < -0.4 is 4.90 Å². The van der Waals surface area contributed by atoms with E-state index < -0.39 is 0 Å². The lowest BCUT2D eigenvalue weighted by Crippen LogP contribution is -2.12. The molecular formula is C54H36N2S. The van der Waals surface area contributed by atoms with Gasteiger partial charge in [0.05, 0.1) is 16.7 Å². The van der Waals surface area contributed by atoms with Gasteiger partial charge in [-0.05, 0) is 101 Å². The molecule has 0 fully saturated rings. The Kier molecular flexibility index (Phi) is 8.04. The van der Waals surface area contributed by atoms with Gasteiger partial charge in [0, 0.05) is 53.6 Å². The first kappa shape index (κ1) is 33.2. The second-order valence-corrected chi connectivity index (χ2v) is 15.6. The van der Waals surface area contributed by atoms with Gasteiger partial charge in [-0.1, -0.05) is 146 Å². The van der Waals surface area contributed by atoms with Gasteiger partial charge in [-0.2, -0.15) is 0 Å². The predicted octanol–water partition coefficient (Wildman–Crippen LogP) is 15.6. The van der Waals surface area contributed by atoms with Crippen molar-refractivity contribution < 1.29 is 0 Å². The number of benzene rings is 9. The maximum atomic E-state index is 2.47. The van der Waals surface area contributed by atoms with Crippen LogP contribution in [0, 0.1) is 0 Å². The fraction of sp³-hybridized carbons (Fsp3) is 0. The van der Waals surface area contributed by atoms with E-state index in [4.69, 9.17) is 0 Å². The molecular weight excluding hydrogens is 709 g/mol. The number of thiophene rings is 1. The molecule has 268 valence electrons. The molecule has 0 atom stereocenters. The Morgan fingerprint density at radius 1 is 0.333 bits per heavy atom. The van der Waals surface area contributed by atoms with Gasteiger partial charge in [-0.15, -0.1) is 11.3 Å². The van der Waals surface area contributed by atoms with Crippen molar-refractivity contribution in [1.29, 1.82) is 0 Å². The number of rotatable bonds is 7. The number of hydrogen-bond acceptors (Lipinski definition) is 2. The van der Waals surface area contributed by atoms with Gasteiger partial charge >= 0.3 is 0 Å². The van der Waals surface area contributed by atoms with Crippen LogP contribution >= 0.6 is 11.3 Å². The van der Waals surface area contributed by atoms with Crippen LogP contribution in [0.5, 0.6) is 0 Å². The van der Waals surface area contributed by atoms with Crippen molar-refractivity contribution in [1.82, 2.24) is 4.57 Å². The van der Waals surface area contributed by atoms with Gasteiger partial charge in [0.2, 0.25) is 0 Å². The Bertz CT molecular complexity index is 3180. The summed E-state index contributed by atoms with van der Waals surface area (Å²) in [6.07, 6.45) is 0. The molecule has 0 amide bonds. The average molecular weight is 745 g/mol. The minimum Gasteiger partial charge on any atom is -0.310 e. The topological polar surface area (TPSA) is 8.17 Å². The lowest BCUT2D eigenvalue weighted by atomic mass is 9.96. The summed E-state index contributed by atoms with van der Waals surface area (Å²) >= 11 is 1.86. The third kappa shape index (κ3) is 5.80. The lowest BCUT2D eigenvalue weighted by Gasteiger charge is -2.29. The molecule has 2 nitrogen and oxygen atoms in total. The Morgan fingerprint density at radius 2 is 0.930 bits per heavy atom. The lowest BCUT2D eigenvalue weighted by molar-refractivity contribution is 1.18. The molecule has 3 heteroatoms. The summed E-state index contributed by atoms with van der Waals surface area (Å²) in [5.74, 6) is 0. The molecule has 11 rings (SSSR count). The number of hydrogen-bond donors (Lipinski definition) is 0. The van der Waals surface area contributed by atoms with Crippen LogP contribution in [0.2, 0.25) is 0 Å². The zero-order valence-corrected chi connectivity index (χ0v) is 31.9. The van der Waals surface area contributed by atoms with Crippen molar-refractivity contribution >= 4 is 70.4 Å². The molecule has 0 saturated carbocycles. The highest BCUT2D eigenvalue weighted by Crippen LogP contribution is 2.46. The first-order chi connectivity index (χ1) is 28.3. The highest BCUT2D eigenvalue weighted by molar-refractivity contribution is 7.25. The van der Waals surface area contributed by atoms with E-state index in [1.54, 1.807) is 0 Å². The van der Waals surface area contributed by atoms with Crippen LogP contribution in [0.4, 0.5) is 17.1 Å². The highest BCUT2D eigenvalue weighted by atomic mass is 32.1. The Balaban J connectivity index is 1.20. The van der Waals surface area contributed by atoms with Crippen LogP contribution in [-0.4, -0.2) is 4.57 Å². The summed E-state index contributed by atoms with van der Waals surface area (Å²) < 4.78 is 5.02. The number of nitrogens with zero attached hydrogens (tertiary/aromatic N) is 2. The molecule has 0 spiro atoms. The summed E-state index contributed by atoms with van der Waals surface area (Å²) in [7, 11) is 0. The zero-order chi connectivity index (χ0) is 37.7. The van der Waals surface area contributed by atoms with Gasteiger partial charge in [0.15, 0.2) is 0 Å². The molecule has 0 bridgehead atoms. The van der Waals surface area contributed by atoms with Crippen molar-refractivity contribution in [2.75, 3.05) is 4.90 Å². The van der Waals surface area contributed by atoms with Crippen molar-refractivity contribution in [2.45, 2.75) is 0 Å². The smallest absolute Gasteiger partial charge is 0.0561 e. The van der Waals surface area contributed by atoms with Crippen molar-refractivity contribution in [3.8, 4) is 39.1 Å². The number of fused-ring (bicyclic) bond motifs is 6. The predicted molar refractivity (Wildman–Crippen MR) is 245 cm³/mol. The fourth-order valence-corrected chi connectivity index (χ4v) is 9.61. The van der Waals surface area contributed by atoms with Gasteiger partial charge in [-0.25, -0.2) is 0 Å². The molecule has 0 aliphatic rings. The minimum absolute atomic E-state index is 1.08. The fourth-order valence-electron chi connectivity index (χ4n) is 8.52. The molecule has 0 radical (unpaired) electrons. The van der Waals surface area contributed by atoms with E-state index in [2.05, 4.69) is 228 Å². The summed E-state index contributed by atoms with van der Waals surface area (Å²) in [5, 5.41) is 5.06. The minimum atomic E-state index is 1.08. The van der Waals surface area contributed by atoms with E-state index in [9.17, 15) is 0 Å². The van der Waals surface area contributed by atoms with Gasteiger partial charge in [0.25, 0.3) is 0 Å². The molecule has 0 saturated heterocycles. The van der Waals surface area contributed by atoms with Gasteiger partial charge in [-0.3, -0.25) is 0 Å². The molecule has 0 aliphatic heterocycles. The van der Waals surface area contributed by atoms with Gasteiger partial charge in [0.1, 0.15) is 0 Å². The Hall–Kier alpha value is -7.20. The molecule has 0 aliphatic carbocycles. The number of para-hydroxylation sites is 3. The van der Waals surface area contributed by atoms with E-state index in [1.165, 1.54) is 69.8 Å². The normalized spacial score (nSPS) is 11.5. The van der Waals surface area contributed by atoms with Crippen molar-refractivity contribution in [3.63, 3.8) is 0 Å². The average Bonchev–Trinajstić information content (AvgIpc) is 3.82. The highest BCUT2D eigenvalue weighted by Gasteiger charge is 2.22. The Morgan fingerprint density at radius 3 is 1.68 bits per heavy atom. The molecule has 0 N–H and O–H groups in total. The van der Waals surface area contributed by atoms with E-state index in [0.717, 1.165) is 28.3 Å². The van der Waals surface area contributed by atoms with Crippen LogP contribution in [0.3, 0.4) is 0 Å². The van der Waals surface area contributed by atoms with E-state index in [-0.39, 0.29) is 0 Å². The molecule has 11 aromatic rings. The number of anilines is 3. The summed E-state index contributed by atoms with van der Waals surface area (Å²) in [5.41, 5.74) is 13.8. The van der Waals surface area contributed by atoms with Crippen molar-refractivity contribution in [3.05, 3.63) is 218 Å². The molecule has 2 aromatic heterocycles. The molecule has 57 heavy (non-hydrogen) atoms. The first-order valence-corrected chi connectivity index (χ1v) is 20.2. The standard InChI is InChI=1S/C54H36N2S/c1-4-16-37(17-5-1)40-32-41(38-18-6-2-7-19-38)34-44(33-40)55(43-29-30-47-46-23-11-14-26-51(46)56(52(47)36-43)42-20-8-3-9-21-42)50-25-13-10-22-45(50)39-28-31-54-49(35-39)48-24-12-15-27-53(48)57-54/h1-36H. The van der Waals surface area contributed by atoms with Crippen LogP contribution in [0.25, 0.3) is 81.0 Å². The monoisotopic (exact) mass is 744 g/mol. The largest absolute Gasteiger partial charge is 0.310 e. The van der Waals surface area contributed by atoms with E-state index in [1.807, 2.05) is 11.3 Å². The molecule has 2 heterocycles. The molecule has 0 unspecified atom stereocenters. The van der Waals surface area contributed by atoms with Gasteiger partial charge < -0.3 is 9.47 Å². The second kappa shape index (κ2) is 13.8. The second-order valence-electron chi connectivity index (χ2n) is 14.6. The third-order valence-corrected chi connectivity index (χ3v) is 12.3.